The number of likely N-dealkylation sites (N-methyl/N-ethyl adjacent to an activating group) is 1. The van der Waals surface area contributed by atoms with Crippen LogP contribution in [0.3, 0.4) is 0 Å². The minimum Gasteiger partial charge on any atom is -0.384 e. The third-order valence-electron chi connectivity index (χ3n) is 5.62. The highest BCUT2D eigenvalue weighted by Crippen LogP contribution is 2.30. The highest BCUT2D eigenvalue weighted by molar-refractivity contribution is 5.64. The molecule has 0 radical (unpaired) electrons. The Balaban J connectivity index is 1.68. The molecule has 1 aliphatic rings. The summed E-state index contributed by atoms with van der Waals surface area (Å²) >= 11 is 0. The van der Waals surface area contributed by atoms with E-state index in [9.17, 15) is 0 Å². The topological polar surface area (TPSA) is 44.3 Å². The van der Waals surface area contributed by atoms with E-state index in [2.05, 4.69) is 74.0 Å². The van der Waals surface area contributed by atoms with Gasteiger partial charge in [0.25, 0.3) is 0 Å². The Bertz CT molecular complexity index is 769. The maximum atomic E-state index is 4.92. The Morgan fingerprint density at radius 2 is 1.89 bits per heavy atom. The van der Waals surface area contributed by atoms with Crippen molar-refractivity contribution in [2.75, 3.05) is 42.9 Å². The van der Waals surface area contributed by atoms with Gasteiger partial charge >= 0.3 is 0 Å². The number of rotatable bonds is 9. The van der Waals surface area contributed by atoms with Gasteiger partial charge in [0.2, 0.25) is 0 Å². The number of fused-ring (bicyclic) bond motifs is 1. The Hall–Kier alpha value is -2.14. The van der Waals surface area contributed by atoms with Gasteiger partial charge in [0, 0.05) is 54.7 Å². The van der Waals surface area contributed by atoms with Gasteiger partial charge in [-0.25, -0.2) is 9.97 Å². The van der Waals surface area contributed by atoms with Gasteiger partial charge in [0.05, 0.1) is 0 Å². The van der Waals surface area contributed by atoms with Crippen LogP contribution in [0.2, 0.25) is 0 Å². The quantitative estimate of drug-likeness (QED) is 0.699. The molecule has 28 heavy (non-hydrogen) atoms. The summed E-state index contributed by atoms with van der Waals surface area (Å²) in [7, 11) is 0. The van der Waals surface area contributed by atoms with Crippen molar-refractivity contribution >= 4 is 11.5 Å². The first-order valence-corrected chi connectivity index (χ1v) is 10.7. The van der Waals surface area contributed by atoms with E-state index in [1.54, 1.807) is 0 Å². The van der Waals surface area contributed by atoms with Gasteiger partial charge in [-0.3, -0.25) is 4.90 Å². The lowest BCUT2D eigenvalue weighted by atomic mass is 10.1. The van der Waals surface area contributed by atoms with Crippen LogP contribution in [-0.4, -0.2) is 53.6 Å². The Labute approximate surface area is 170 Å². The molecule has 2 heterocycles. The first-order valence-electron chi connectivity index (χ1n) is 10.7. The molecule has 0 bridgehead atoms. The number of aryl methyl sites for hydroxylation is 1. The second kappa shape index (κ2) is 9.37. The molecule has 1 aromatic carbocycles. The lowest BCUT2D eigenvalue weighted by Crippen LogP contribution is -2.34. The molecular formula is C23H35N5. The van der Waals surface area contributed by atoms with Gasteiger partial charge in [0.15, 0.2) is 5.82 Å². The average Bonchev–Trinajstić information content (AvgIpc) is 3.09. The predicted octanol–water partition coefficient (Wildman–Crippen LogP) is 4.37. The van der Waals surface area contributed by atoms with E-state index < -0.39 is 0 Å². The number of anilines is 2. The Morgan fingerprint density at radius 1 is 1.14 bits per heavy atom. The molecule has 5 heteroatoms. The molecule has 3 rings (SSSR count). The largest absolute Gasteiger partial charge is 0.384 e. The van der Waals surface area contributed by atoms with Crippen molar-refractivity contribution in [3.63, 3.8) is 0 Å². The number of hydrogen-bond acceptors (Lipinski definition) is 5. The molecule has 0 unspecified atom stereocenters. The molecule has 0 saturated heterocycles. The second-order valence-corrected chi connectivity index (χ2v) is 7.90. The average molecular weight is 382 g/mol. The lowest BCUT2D eigenvalue weighted by molar-refractivity contribution is 0.243. The van der Waals surface area contributed by atoms with Crippen LogP contribution in [0.1, 0.15) is 45.4 Å². The molecule has 1 N–H and O–H groups in total. The molecule has 152 valence electrons. The number of aromatic nitrogens is 2. The van der Waals surface area contributed by atoms with Gasteiger partial charge in [-0.15, -0.1) is 0 Å². The van der Waals surface area contributed by atoms with E-state index in [-0.39, 0.29) is 0 Å². The van der Waals surface area contributed by atoms with Crippen LogP contribution >= 0.6 is 0 Å². The van der Waals surface area contributed by atoms with Crippen molar-refractivity contribution in [2.45, 2.75) is 53.5 Å². The summed E-state index contributed by atoms with van der Waals surface area (Å²) in [5.74, 6) is 1.97. The number of nitrogens with zero attached hydrogens (tertiary/aromatic N) is 4. The monoisotopic (exact) mass is 381 g/mol. The zero-order valence-electron chi connectivity index (χ0n) is 18.1. The van der Waals surface area contributed by atoms with Crippen molar-refractivity contribution in [1.82, 2.24) is 14.9 Å². The van der Waals surface area contributed by atoms with Crippen molar-refractivity contribution in [2.24, 2.45) is 0 Å². The SMILES string of the molecule is CCCN1CCc2c(C)nc(-c3ccc(NCCN(CC)C(C)C)cc3)nc21. The van der Waals surface area contributed by atoms with Crippen LogP contribution in [0.5, 0.6) is 0 Å². The summed E-state index contributed by atoms with van der Waals surface area (Å²) in [5, 5.41) is 3.53. The minimum atomic E-state index is 0.585. The van der Waals surface area contributed by atoms with Crippen molar-refractivity contribution < 1.29 is 0 Å². The maximum Gasteiger partial charge on any atom is 0.161 e. The molecule has 2 aromatic rings. The van der Waals surface area contributed by atoms with Crippen LogP contribution in [0.25, 0.3) is 11.4 Å². The summed E-state index contributed by atoms with van der Waals surface area (Å²) in [6.45, 7) is 16.3. The summed E-state index contributed by atoms with van der Waals surface area (Å²) < 4.78 is 0. The van der Waals surface area contributed by atoms with E-state index >= 15 is 0 Å². The van der Waals surface area contributed by atoms with E-state index in [4.69, 9.17) is 9.97 Å². The standard InChI is InChI=1S/C23H35N5/c1-6-14-28-15-12-21-18(5)25-22(26-23(21)28)19-8-10-20(11-9-19)24-13-16-27(7-2)17(3)4/h8-11,17,24H,6-7,12-16H2,1-5H3. The molecule has 0 aliphatic carbocycles. The number of hydrogen-bond donors (Lipinski definition) is 1. The molecule has 0 fully saturated rings. The fourth-order valence-electron chi connectivity index (χ4n) is 3.97. The molecular weight excluding hydrogens is 346 g/mol. The molecule has 5 nitrogen and oxygen atoms in total. The van der Waals surface area contributed by atoms with Crippen molar-refractivity contribution in [1.29, 1.82) is 0 Å². The van der Waals surface area contributed by atoms with E-state index in [1.165, 1.54) is 5.56 Å². The summed E-state index contributed by atoms with van der Waals surface area (Å²) in [4.78, 5) is 14.6. The smallest absolute Gasteiger partial charge is 0.161 e. The zero-order chi connectivity index (χ0) is 20.1. The predicted molar refractivity (Wildman–Crippen MR) is 119 cm³/mol. The van der Waals surface area contributed by atoms with Crippen LogP contribution in [0.15, 0.2) is 24.3 Å². The van der Waals surface area contributed by atoms with Crippen molar-refractivity contribution in [3.05, 3.63) is 35.5 Å². The van der Waals surface area contributed by atoms with Crippen LogP contribution in [-0.2, 0) is 6.42 Å². The van der Waals surface area contributed by atoms with Gasteiger partial charge in [-0.1, -0.05) is 13.8 Å². The van der Waals surface area contributed by atoms with Gasteiger partial charge < -0.3 is 10.2 Å². The number of nitrogens with one attached hydrogen (secondary N) is 1. The minimum absolute atomic E-state index is 0.585. The van der Waals surface area contributed by atoms with E-state index in [1.807, 2.05) is 0 Å². The highest BCUT2D eigenvalue weighted by atomic mass is 15.2. The first-order chi connectivity index (χ1) is 13.5. The first kappa shape index (κ1) is 20.6. The lowest BCUT2D eigenvalue weighted by Gasteiger charge is -2.24. The van der Waals surface area contributed by atoms with Crippen LogP contribution in [0, 0.1) is 6.92 Å². The number of benzene rings is 1. The van der Waals surface area contributed by atoms with Gasteiger partial charge in [-0.2, -0.15) is 0 Å². The molecule has 0 spiro atoms. The molecule has 1 aliphatic heterocycles. The summed E-state index contributed by atoms with van der Waals surface area (Å²) in [5.41, 5.74) is 4.67. The van der Waals surface area contributed by atoms with Crippen LogP contribution in [0.4, 0.5) is 11.5 Å². The third kappa shape index (κ3) is 4.64. The van der Waals surface area contributed by atoms with E-state index in [0.29, 0.717) is 6.04 Å². The van der Waals surface area contributed by atoms with Crippen molar-refractivity contribution in [3.8, 4) is 11.4 Å². The van der Waals surface area contributed by atoms with E-state index in [0.717, 1.165) is 74.2 Å². The summed E-state index contributed by atoms with van der Waals surface area (Å²) in [6, 6.07) is 9.11. The molecule has 0 saturated carbocycles. The Kier molecular flexibility index (Phi) is 6.89. The molecule has 0 atom stereocenters. The van der Waals surface area contributed by atoms with Gasteiger partial charge in [-0.05, 0) is 64.4 Å². The Morgan fingerprint density at radius 3 is 2.54 bits per heavy atom. The van der Waals surface area contributed by atoms with Crippen LogP contribution < -0.4 is 10.2 Å². The molecule has 1 aromatic heterocycles. The fourth-order valence-corrected chi connectivity index (χ4v) is 3.97. The third-order valence-corrected chi connectivity index (χ3v) is 5.62. The summed E-state index contributed by atoms with van der Waals surface area (Å²) in [6.07, 6.45) is 2.21. The highest BCUT2D eigenvalue weighted by Gasteiger charge is 2.23. The normalized spacial score (nSPS) is 13.5. The maximum absolute atomic E-state index is 4.92. The zero-order valence-corrected chi connectivity index (χ0v) is 18.1. The second-order valence-electron chi connectivity index (χ2n) is 7.90. The van der Waals surface area contributed by atoms with Gasteiger partial charge in [0.1, 0.15) is 5.82 Å². The fraction of sp³-hybridized carbons (Fsp3) is 0.565. The molecule has 0 amide bonds.